The summed E-state index contributed by atoms with van der Waals surface area (Å²) in [7, 11) is 1.37. The van der Waals surface area contributed by atoms with E-state index in [2.05, 4.69) is 10.6 Å². The monoisotopic (exact) mass is 292 g/mol. The third kappa shape index (κ3) is 4.17. The molecule has 2 aromatic carbocycles. The second-order valence-electron chi connectivity index (χ2n) is 4.26. The molecule has 0 saturated carbocycles. The van der Waals surface area contributed by atoms with E-state index in [0.717, 1.165) is 0 Å². The molecule has 0 spiro atoms. The summed E-state index contributed by atoms with van der Waals surface area (Å²) in [4.78, 5) is 11.7. The van der Waals surface area contributed by atoms with Crippen LogP contribution in [-0.4, -0.2) is 19.6 Å². The molecule has 1 amide bonds. The van der Waals surface area contributed by atoms with Crippen LogP contribution in [0.2, 0.25) is 0 Å². The van der Waals surface area contributed by atoms with Gasteiger partial charge in [0.25, 0.3) is 0 Å². The number of carbonyl (C=O) groups excluding carboxylic acids is 1. The fraction of sp³-hybridized carbons (Fsp3) is 0.133. The first-order valence-electron chi connectivity index (χ1n) is 6.21. The van der Waals surface area contributed by atoms with Crippen LogP contribution in [-0.2, 0) is 4.79 Å². The predicted octanol–water partition coefficient (Wildman–Crippen LogP) is 3.02. The maximum atomic E-state index is 13.5. The minimum absolute atomic E-state index is 0.0672. The standard InChI is InChI=1S/C15H14F2N2O2/c1-21-14-6-5-11(8-13(14)17)18-9-15(20)19-12-4-2-3-10(16)7-12/h2-8,18H,9H2,1H3,(H,19,20). The molecule has 0 radical (unpaired) electrons. The van der Waals surface area contributed by atoms with Gasteiger partial charge >= 0.3 is 0 Å². The normalized spacial score (nSPS) is 10.0. The number of methoxy groups -OCH3 is 1. The van der Waals surface area contributed by atoms with Gasteiger partial charge in [0.2, 0.25) is 5.91 Å². The number of hydrogen-bond donors (Lipinski definition) is 2. The molecule has 0 aliphatic heterocycles. The molecule has 0 aliphatic rings. The van der Waals surface area contributed by atoms with Gasteiger partial charge in [0.15, 0.2) is 11.6 Å². The van der Waals surface area contributed by atoms with Gasteiger partial charge in [-0.25, -0.2) is 8.78 Å². The Hall–Kier alpha value is -2.63. The molecule has 0 atom stereocenters. The average molecular weight is 292 g/mol. The Morgan fingerprint density at radius 1 is 1.14 bits per heavy atom. The topological polar surface area (TPSA) is 50.4 Å². The highest BCUT2D eigenvalue weighted by atomic mass is 19.1. The van der Waals surface area contributed by atoms with Crippen molar-refractivity contribution in [1.82, 2.24) is 0 Å². The number of halogens is 2. The van der Waals surface area contributed by atoms with Gasteiger partial charge in [-0.05, 0) is 30.3 Å². The number of amides is 1. The molecule has 0 unspecified atom stereocenters. The van der Waals surface area contributed by atoms with Gasteiger partial charge in [0.1, 0.15) is 5.82 Å². The highest BCUT2D eigenvalue weighted by molar-refractivity contribution is 5.93. The zero-order valence-corrected chi connectivity index (χ0v) is 11.3. The lowest BCUT2D eigenvalue weighted by Gasteiger charge is -2.09. The van der Waals surface area contributed by atoms with E-state index < -0.39 is 11.6 Å². The molecule has 2 N–H and O–H groups in total. The van der Waals surface area contributed by atoms with Crippen LogP contribution in [0, 0.1) is 11.6 Å². The Kier molecular flexibility index (Phi) is 4.71. The van der Waals surface area contributed by atoms with Crippen molar-refractivity contribution in [1.29, 1.82) is 0 Å². The Morgan fingerprint density at radius 3 is 2.62 bits per heavy atom. The van der Waals surface area contributed by atoms with E-state index in [0.29, 0.717) is 11.4 Å². The van der Waals surface area contributed by atoms with Crippen LogP contribution in [0.5, 0.6) is 5.75 Å². The zero-order valence-electron chi connectivity index (χ0n) is 11.3. The largest absolute Gasteiger partial charge is 0.494 e. The summed E-state index contributed by atoms with van der Waals surface area (Å²) in [5.74, 6) is -1.19. The van der Waals surface area contributed by atoms with Gasteiger partial charge in [-0.2, -0.15) is 0 Å². The number of rotatable bonds is 5. The van der Waals surface area contributed by atoms with Crippen molar-refractivity contribution in [3.05, 3.63) is 54.1 Å². The van der Waals surface area contributed by atoms with Gasteiger partial charge in [-0.15, -0.1) is 0 Å². The van der Waals surface area contributed by atoms with E-state index in [-0.39, 0.29) is 18.2 Å². The van der Waals surface area contributed by atoms with Crippen molar-refractivity contribution < 1.29 is 18.3 Å². The van der Waals surface area contributed by atoms with Crippen LogP contribution in [0.15, 0.2) is 42.5 Å². The van der Waals surface area contributed by atoms with Crippen molar-refractivity contribution in [3.8, 4) is 5.75 Å². The molecule has 0 aromatic heterocycles. The lowest BCUT2D eigenvalue weighted by molar-refractivity contribution is -0.114. The lowest BCUT2D eigenvalue weighted by atomic mass is 10.3. The lowest BCUT2D eigenvalue weighted by Crippen LogP contribution is -2.21. The summed E-state index contributed by atoms with van der Waals surface area (Å²) < 4.78 is 31.2. The molecule has 2 rings (SSSR count). The van der Waals surface area contributed by atoms with Crippen LogP contribution in [0.1, 0.15) is 0 Å². The maximum Gasteiger partial charge on any atom is 0.243 e. The first-order chi connectivity index (χ1) is 10.1. The van der Waals surface area contributed by atoms with Crippen molar-refractivity contribution in [2.45, 2.75) is 0 Å². The molecule has 110 valence electrons. The highest BCUT2D eigenvalue weighted by Crippen LogP contribution is 2.20. The third-order valence-corrected chi connectivity index (χ3v) is 2.71. The summed E-state index contributed by atoms with van der Waals surface area (Å²) in [6.45, 7) is -0.0672. The van der Waals surface area contributed by atoms with E-state index in [1.54, 1.807) is 12.1 Å². The molecule has 2 aromatic rings. The van der Waals surface area contributed by atoms with E-state index >= 15 is 0 Å². The molecular weight excluding hydrogens is 278 g/mol. The van der Waals surface area contributed by atoms with Crippen molar-refractivity contribution in [2.75, 3.05) is 24.3 Å². The summed E-state index contributed by atoms with van der Waals surface area (Å²) in [5.41, 5.74) is 0.811. The van der Waals surface area contributed by atoms with Gasteiger partial charge in [-0.1, -0.05) is 6.07 Å². The quantitative estimate of drug-likeness (QED) is 0.890. The SMILES string of the molecule is COc1ccc(NCC(=O)Nc2cccc(F)c2)cc1F. The Morgan fingerprint density at radius 2 is 1.95 bits per heavy atom. The third-order valence-electron chi connectivity index (χ3n) is 2.71. The number of carbonyl (C=O) groups is 1. The Labute approximate surface area is 120 Å². The molecule has 0 fully saturated rings. The number of benzene rings is 2. The molecule has 4 nitrogen and oxygen atoms in total. The fourth-order valence-corrected chi connectivity index (χ4v) is 1.73. The molecule has 0 saturated heterocycles. The number of hydrogen-bond acceptors (Lipinski definition) is 3. The van der Waals surface area contributed by atoms with Gasteiger partial charge < -0.3 is 15.4 Å². The van der Waals surface area contributed by atoms with Crippen molar-refractivity contribution in [3.63, 3.8) is 0 Å². The number of nitrogens with one attached hydrogen (secondary N) is 2. The van der Waals surface area contributed by atoms with Gasteiger partial charge in [-0.3, -0.25) is 4.79 Å². The summed E-state index contributed by atoms with van der Waals surface area (Å²) in [6.07, 6.45) is 0. The van der Waals surface area contributed by atoms with Crippen LogP contribution < -0.4 is 15.4 Å². The number of ether oxygens (including phenoxy) is 1. The highest BCUT2D eigenvalue weighted by Gasteiger charge is 2.06. The minimum atomic E-state index is -0.520. The van der Waals surface area contributed by atoms with E-state index in [1.807, 2.05) is 0 Å². The first kappa shape index (κ1) is 14.8. The molecule has 0 bridgehead atoms. The van der Waals surface area contributed by atoms with Crippen LogP contribution in [0.25, 0.3) is 0 Å². The first-order valence-corrected chi connectivity index (χ1v) is 6.21. The molecule has 6 heteroatoms. The van der Waals surface area contributed by atoms with Gasteiger partial charge in [0, 0.05) is 17.4 Å². The van der Waals surface area contributed by atoms with Crippen LogP contribution >= 0.6 is 0 Å². The van der Waals surface area contributed by atoms with Crippen molar-refractivity contribution in [2.24, 2.45) is 0 Å². The van der Waals surface area contributed by atoms with E-state index in [1.165, 1.54) is 37.4 Å². The average Bonchev–Trinajstić information content (AvgIpc) is 2.45. The Bertz CT molecular complexity index is 647. The predicted molar refractivity (Wildman–Crippen MR) is 76.5 cm³/mol. The molecule has 21 heavy (non-hydrogen) atoms. The smallest absolute Gasteiger partial charge is 0.243 e. The fourth-order valence-electron chi connectivity index (χ4n) is 1.73. The molecule has 0 aliphatic carbocycles. The molecular formula is C15H14F2N2O2. The summed E-state index contributed by atoms with van der Waals surface area (Å²) in [6, 6.07) is 9.86. The van der Waals surface area contributed by atoms with E-state index in [4.69, 9.17) is 4.74 Å². The zero-order chi connectivity index (χ0) is 15.2. The summed E-state index contributed by atoms with van der Waals surface area (Å²) in [5, 5.41) is 5.30. The van der Waals surface area contributed by atoms with E-state index in [9.17, 15) is 13.6 Å². The maximum absolute atomic E-state index is 13.5. The molecule has 0 heterocycles. The van der Waals surface area contributed by atoms with Crippen molar-refractivity contribution >= 4 is 17.3 Å². The number of anilines is 2. The van der Waals surface area contributed by atoms with Gasteiger partial charge in [0.05, 0.1) is 13.7 Å². The second kappa shape index (κ2) is 6.69. The Balaban J connectivity index is 1.90. The minimum Gasteiger partial charge on any atom is -0.494 e. The van der Waals surface area contributed by atoms with Crippen LogP contribution in [0.4, 0.5) is 20.2 Å². The summed E-state index contributed by atoms with van der Waals surface area (Å²) >= 11 is 0. The second-order valence-corrected chi connectivity index (χ2v) is 4.26. The van der Waals surface area contributed by atoms with Crippen LogP contribution in [0.3, 0.4) is 0 Å².